The summed E-state index contributed by atoms with van der Waals surface area (Å²) in [5.41, 5.74) is 8.71. The van der Waals surface area contributed by atoms with Gasteiger partial charge in [0.1, 0.15) is 0 Å². The fourth-order valence-corrected chi connectivity index (χ4v) is 1.88. The van der Waals surface area contributed by atoms with Gasteiger partial charge in [-0.2, -0.15) is 0 Å². The summed E-state index contributed by atoms with van der Waals surface area (Å²) in [6.07, 6.45) is 3.41. The first-order valence-electron chi connectivity index (χ1n) is 6.67. The molecule has 0 fully saturated rings. The molecule has 0 aliphatic heterocycles. The standard InChI is InChI=1S/C17H17N3O/c1-13-4-5-14(3-2-8-18)11-16(13)17(21)20-12-15-6-9-19-10-7-15/h4-7,9-11H,8,12,18H2,1H3,(H,20,21). The highest BCUT2D eigenvalue weighted by Gasteiger charge is 2.09. The molecule has 1 aromatic heterocycles. The summed E-state index contributed by atoms with van der Waals surface area (Å²) in [7, 11) is 0. The van der Waals surface area contributed by atoms with Crippen LogP contribution in [0.1, 0.15) is 27.0 Å². The maximum atomic E-state index is 12.3. The van der Waals surface area contributed by atoms with Gasteiger partial charge in [-0.25, -0.2) is 0 Å². The lowest BCUT2D eigenvalue weighted by molar-refractivity contribution is 0.0950. The molecule has 0 aliphatic carbocycles. The summed E-state index contributed by atoms with van der Waals surface area (Å²) in [6, 6.07) is 9.31. The molecular weight excluding hydrogens is 262 g/mol. The van der Waals surface area contributed by atoms with Crippen molar-refractivity contribution in [1.82, 2.24) is 10.3 Å². The molecule has 4 nitrogen and oxygen atoms in total. The molecule has 1 aromatic carbocycles. The summed E-state index contributed by atoms with van der Waals surface area (Å²) < 4.78 is 0. The smallest absolute Gasteiger partial charge is 0.251 e. The van der Waals surface area contributed by atoms with E-state index in [9.17, 15) is 4.79 Å². The fraction of sp³-hybridized carbons (Fsp3) is 0.176. The van der Waals surface area contributed by atoms with Crippen LogP contribution in [0.5, 0.6) is 0 Å². The number of nitrogens with two attached hydrogens (primary N) is 1. The minimum atomic E-state index is -0.110. The monoisotopic (exact) mass is 279 g/mol. The van der Waals surface area contributed by atoms with E-state index >= 15 is 0 Å². The van der Waals surface area contributed by atoms with Gasteiger partial charge in [0.2, 0.25) is 0 Å². The number of nitrogens with one attached hydrogen (secondary N) is 1. The third-order valence-corrected chi connectivity index (χ3v) is 3.02. The second-order valence-electron chi connectivity index (χ2n) is 4.57. The molecule has 0 atom stereocenters. The lowest BCUT2D eigenvalue weighted by atomic mass is 10.0. The number of carbonyl (C=O) groups excluding carboxylic acids is 1. The third-order valence-electron chi connectivity index (χ3n) is 3.02. The van der Waals surface area contributed by atoms with E-state index in [4.69, 9.17) is 5.73 Å². The molecular formula is C17H17N3O. The molecule has 0 aliphatic rings. The zero-order valence-electron chi connectivity index (χ0n) is 11.9. The first-order chi connectivity index (χ1) is 10.2. The van der Waals surface area contributed by atoms with Gasteiger partial charge in [-0.15, -0.1) is 0 Å². The molecule has 0 unspecified atom stereocenters. The molecule has 21 heavy (non-hydrogen) atoms. The Morgan fingerprint density at radius 2 is 2.05 bits per heavy atom. The molecule has 106 valence electrons. The number of aryl methyl sites for hydroxylation is 1. The quantitative estimate of drug-likeness (QED) is 0.839. The van der Waals surface area contributed by atoms with Gasteiger partial charge in [0, 0.05) is 30.1 Å². The van der Waals surface area contributed by atoms with Crippen LogP contribution in [0.25, 0.3) is 0 Å². The van der Waals surface area contributed by atoms with E-state index in [1.807, 2.05) is 31.2 Å². The molecule has 0 radical (unpaired) electrons. The normalized spacial score (nSPS) is 9.62. The topological polar surface area (TPSA) is 68.0 Å². The van der Waals surface area contributed by atoms with Crippen LogP contribution in [0.4, 0.5) is 0 Å². The van der Waals surface area contributed by atoms with Crippen molar-refractivity contribution < 1.29 is 4.79 Å². The first kappa shape index (κ1) is 14.8. The second kappa shape index (κ2) is 7.22. The van der Waals surface area contributed by atoms with E-state index in [1.54, 1.807) is 18.5 Å². The largest absolute Gasteiger partial charge is 0.348 e. The molecule has 3 N–H and O–H groups in total. The molecule has 2 aromatic rings. The average molecular weight is 279 g/mol. The van der Waals surface area contributed by atoms with Crippen LogP contribution in [0.2, 0.25) is 0 Å². The van der Waals surface area contributed by atoms with Crippen molar-refractivity contribution in [3.05, 3.63) is 65.0 Å². The van der Waals surface area contributed by atoms with Gasteiger partial charge in [0.15, 0.2) is 0 Å². The van der Waals surface area contributed by atoms with Gasteiger partial charge in [-0.3, -0.25) is 9.78 Å². The molecule has 4 heteroatoms. The van der Waals surface area contributed by atoms with Gasteiger partial charge in [0.05, 0.1) is 6.54 Å². The van der Waals surface area contributed by atoms with Crippen molar-refractivity contribution in [1.29, 1.82) is 0 Å². The fourth-order valence-electron chi connectivity index (χ4n) is 1.88. The van der Waals surface area contributed by atoms with E-state index in [0.717, 1.165) is 16.7 Å². The number of hydrogen-bond acceptors (Lipinski definition) is 3. The Labute approximate surface area is 124 Å². The Balaban J connectivity index is 2.11. The average Bonchev–Trinajstić information content (AvgIpc) is 2.53. The highest BCUT2D eigenvalue weighted by atomic mass is 16.1. The van der Waals surface area contributed by atoms with Crippen molar-refractivity contribution in [3.8, 4) is 11.8 Å². The molecule has 2 rings (SSSR count). The molecule has 0 spiro atoms. The second-order valence-corrected chi connectivity index (χ2v) is 4.57. The summed E-state index contributed by atoms with van der Waals surface area (Å²) in [6.45, 7) is 2.68. The molecule has 1 amide bonds. The minimum Gasteiger partial charge on any atom is -0.348 e. The van der Waals surface area contributed by atoms with Gasteiger partial charge < -0.3 is 11.1 Å². The van der Waals surface area contributed by atoms with Crippen molar-refractivity contribution >= 4 is 5.91 Å². The zero-order chi connectivity index (χ0) is 15.1. The van der Waals surface area contributed by atoms with E-state index in [-0.39, 0.29) is 5.91 Å². The Morgan fingerprint density at radius 3 is 2.76 bits per heavy atom. The molecule has 0 saturated carbocycles. The molecule has 0 bridgehead atoms. The lowest BCUT2D eigenvalue weighted by Gasteiger charge is -2.08. The number of amides is 1. The number of hydrogen-bond donors (Lipinski definition) is 2. The van der Waals surface area contributed by atoms with Crippen molar-refractivity contribution in [2.24, 2.45) is 5.73 Å². The predicted octanol–water partition coefficient (Wildman–Crippen LogP) is 1.63. The Bertz CT molecular complexity index is 684. The zero-order valence-corrected chi connectivity index (χ0v) is 11.9. The predicted molar refractivity (Wildman–Crippen MR) is 82.5 cm³/mol. The highest BCUT2D eigenvalue weighted by Crippen LogP contribution is 2.11. The summed E-state index contributed by atoms with van der Waals surface area (Å²) in [5.74, 6) is 5.61. The van der Waals surface area contributed by atoms with Crippen molar-refractivity contribution in [2.75, 3.05) is 6.54 Å². The number of rotatable bonds is 3. The minimum absolute atomic E-state index is 0.110. The van der Waals surface area contributed by atoms with Crippen LogP contribution in [0.15, 0.2) is 42.7 Å². The van der Waals surface area contributed by atoms with Gasteiger partial charge in [-0.05, 0) is 42.3 Å². The van der Waals surface area contributed by atoms with Gasteiger partial charge >= 0.3 is 0 Å². The number of aromatic nitrogens is 1. The van der Waals surface area contributed by atoms with Gasteiger partial charge in [0.25, 0.3) is 5.91 Å². The van der Waals surface area contributed by atoms with Gasteiger partial charge in [-0.1, -0.05) is 17.9 Å². The Kier molecular flexibility index (Phi) is 5.08. The van der Waals surface area contributed by atoms with E-state index < -0.39 is 0 Å². The number of nitrogens with zero attached hydrogens (tertiary/aromatic N) is 1. The summed E-state index contributed by atoms with van der Waals surface area (Å²) in [5, 5.41) is 2.90. The molecule has 0 saturated heterocycles. The van der Waals surface area contributed by atoms with Crippen LogP contribution >= 0.6 is 0 Å². The first-order valence-corrected chi connectivity index (χ1v) is 6.67. The Morgan fingerprint density at radius 1 is 1.29 bits per heavy atom. The maximum Gasteiger partial charge on any atom is 0.251 e. The van der Waals surface area contributed by atoms with Crippen LogP contribution in [-0.2, 0) is 6.54 Å². The van der Waals surface area contributed by atoms with Crippen molar-refractivity contribution in [2.45, 2.75) is 13.5 Å². The lowest BCUT2D eigenvalue weighted by Crippen LogP contribution is -2.23. The highest BCUT2D eigenvalue weighted by molar-refractivity contribution is 5.95. The van der Waals surface area contributed by atoms with Crippen LogP contribution < -0.4 is 11.1 Å². The SMILES string of the molecule is Cc1ccc(C#CCN)cc1C(=O)NCc1ccncc1. The number of benzene rings is 1. The Hall–Kier alpha value is -2.64. The van der Waals surface area contributed by atoms with Crippen LogP contribution in [0.3, 0.4) is 0 Å². The molecule has 1 heterocycles. The van der Waals surface area contributed by atoms with Crippen molar-refractivity contribution in [3.63, 3.8) is 0 Å². The van der Waals surface area contributed by atoms with E-state index in [1.165, 1.54) is 0 Å². The van der Waals surface area contributed by atoms with E-state index in [0.29, 0.717) is 18.7 Å². The maximum absolute atomic E-state index is 12.3. The summed E-state index contributed by atoms with van der Waals surface area (Å²) in [4.78, 5) is 16.2. The third kappa shape index (κ3) is 4.16. The van der Waals surface area contributed by atoms with Crippen LogP contribution in [-0.4, -0.2) is 17.4 Å². The number of pyridine rings is 1. The van der Waals surface area contributed by atoms with Crippen LogP contribution in [0, 0.1) is 18.8 Å². The summed E-state index contributed by atoms with van der Waals surface area (Å²) >= 11 is 0. The van der Waals surface area contributed by atoms with E-state index in [2.05, 4.69) is 22.1 Å². The number of carbonyl (C=O) groups is 1.